The first-order valence-electron chi connectivity index (χ1n) is 6.50. The Balaban J connectivity index is 2.38. The van der Waals surface area contributed by atoms with E-state index in [4.69, 9.17) is 4.74 Å². The maximum absolute atomic E-state index is 9.84. The monoisotopic (exact) mass is 252 g/mol. The predicted molar refractivity (Wildman–Crippen MR) is 74.0 cm³/mol. The quantitative estimate of drug-likeness (QED) is 0.832. The lowest BCUT2D eigenvalue weighted by Gasteiger charge is -2.19. The number of hydrogen-bond acceptors (Lipinski definition) is 2. The van der Waals surface area contributed by atoms with E-state index in [1.807, 2.05) is 18.2 Å². The molecule has 3 heteroatoms. The summed E-state index contributed by atoms with van der Waals surface area (Å²) in [5, 5.41) is 12.0. The van der Waals surface area contributed by atoms with E-state index in [0.29, 0.717) is 13.2 Å². The van der Waals surface area contributed by atoms with Gasteiger partial charge in [0.15, 0.2) is 0 Å². The van der Waals surface area contributed by atoms with Crippen molar-refractivity contribution in [2.75, 3.05) is 13.2 Å². The van der Waals surface area contributed by atoms with Crippen molar-refractivity contribution in [3.05, 3.63) is 29.3 Å². The van der Waals surface area contributed by atoms with Gasteiger partial charge in [0.25, 0.3) is 0 Å². The van der Waals surface area contributed by atoms with Crippen LogP contribution in [0.15, 0.2) is 18.2 Å². The third-order valence-electron chi connectivity index (χ3n) is 2.92. The van der Waals surface area contributed by atoms with Gasteiger partial charge in [-0.15, -0.1) is 0 Å². The first kappa shape index (κ1) is 15.0. The highest BCUT2D eigenvalue weighted by atomic mass is 16.5. The van der Waals surface area contributed by atoms with Crippen molar-refractivity contribution in [1.82, 2.24) is 0 Å². The molecule has 0 saturated carbocycles. The number of aryl methyl sites for hydroxylation is 2. The van der Waals surface area contributed by atoms with Crippen molar-refractivity contribution in [2.24, 2.45) is 0 Å². The smallest absolute Gasteiger partial charge is 0.137 e. The molecule has 1 atom stereocenters. The first-order valence-corrected chi connectivity index (χ1v) is 6.50. The second kappa shape index (κ2) is 6.21. The van der Waals surface area contributed by atoms with E-state index in [0.717, 1.165) is 5.75 Å². The standard InChI is InChI=1S/C15H25NO2/c1-11-6-7-14(8-12(11)2)18-10-13(17)9-16-15(3,4)5/h6-8,13,16-17H,9-10H2,1-5H3/p+1. The van der Waals surface area contributed by atoms with E-state index in [2.05, 4.69) is 39.9 Å². The van der Waals surface area contributed by atoms with Crippen molar-refractivity contribution < 1.29 is 15.2 Å². The summed E-state index contributed by atoms with van der Waals surface area (Å²) in [5.74, 6) is 0.827. The molecular weight excluding hydrogens is 226 g/mol. The Bertz CT molecular complexity index is 383. The molecule has 0 fully saturated rings. The van der Waals surface area contributed by atoms with Crippen LogP contribution in [0.5, 0.6) is 5.75 Å². The summed E-state index contributed by atoms with van der Waals surface area (Å²) in [6.07, 6.45) is -0.439. The third kappa shape index (κ3) is 5.52. The highest BCUT2D eigenvalue weighted by molar-refractivity contribution is 5.33. The number of ether oxygens (including phenoxy) is 1. The molecule has 0 amide bonds. The van der Waals surface area contributed by atoms with Crippen LogP contribution in [0.1, 0.15) is 31.9 Å². The highest BCUT2D eigenvalue weighted by Crippen LogP contribution is 2.16. The minimum Gasteiger partial charge on any atom is -0.491 e. The average molecular weight is 252 g/mol. The van der Waals surface area contributed by atoms with E-state index in [1.165, 1.54) is 11.1 Å². The van der Waals surface area contributed by atoms with Gasteiger partial charge in [0.05, 0.1) is 5.54 Å². The van der Waals surface area contributed by atoms with E-state index < -0.39 is 6.10 Å². The van der Waals surface area contributed by atoms with Gasteiger partial charge in [-0.05, 0) is 57.9 Å². The molecule has 0 bridgehead atoms. The van der Waals surface area contributed by atoms with Crippen LogP contribution in [0.3, 0.4) is 0 Å². The van der Waals surface area contributed by atoms with Crippen molar-refractivity contribution in [2.45, 2.75) is 46.3 Å². The molecular formula is C15H26NO2+. The number of rotatable bonds is 5. The molecule has 0 saturated heterocycles. The Morgan fingerprint density at radius 2 is 1.89 bits per heavy atom. The van der Waals surface area contributed by atoms with Crippen molar-refractivity contribution in [3.8, 4) is 5.75 Å². The summed E-state index contributed by atoms with van der Waals surface area (Å²) in [6, 6.07) is 6.00. The Morgan fingerprint density at radius 1 is 1.22 bits per heavy atom. The molecule has 0 spiro atoms. The largest absolute Gasteiger partial charge is 0.491 e. The number of aliphatic hydroxyl groups excluding tert-OH is 1. The zero-order valence-electron chi connectivity index (χ0n) is 12.2. The number of quaternary nitrogens is 1. The van der Waals surface area contributed by atoms with Gasteiger partial charge in [-0.2, -0.15) is 0 Å². The minimum atomic E-state index is -0.439. The lowest BCUT2D eigenvalue weighted by atomic mass is 10.1. The van der Waals surface area contributed by atoms with Crippen LogP contribution >= 0.6 is 0 Å². The molecule has 3 nitrogen and oxygen atoms in total. The summed E-state index contributed by atoms with van der Waals surface area (Å²) < 4.78 is 5.60. The Kier molecular flexibility index (Phi) is 5.17. The molecule has 0 aliphatic heterocycles. The van der Waals surface area contributed by atoms with Crippen LogP contribution in [0, 0.1) is 13.8 Å². The van der Waals surface area contributed by atoms with Crippen LogP contribution in [0.25, 0.3) is 0 Å². The zero-order chi connectivity index (χ0) is 13.8. The van der Waals surface area contributed by atoms with E-state index in [1.54, 1.807) is 0 Å². The zero-order valence-corrected chi connectivity index (χ0v) is 12.2. The highest BCUT2D eigenvalue weighted by Gasteiger charge is 2.16. The lowest BCUT2D eigenvalue weighted by Crippen LogP contribution is -2.96. The van der Waals surface area contributed by atoms with Gasteiger partial charge in [-0.25, -0.2) is 0 Å². The molecule has 0 aliphatic rings. The Morgan fingerprint density at radius 3 is 2.44 bits per heavy atom. The minimum absolute atomic E-state index is 0.140. The van der Waals surface area contributed by atoms with Crippen molar-refractivity contribution in [1.29, 1.82) is 0 Å². The SMILES string of the molecule is Cc1ccc(OCC(O)C[NH2+]C(C)(C)C)cc1C. The molecule has 1 unspecified atom stereocenters. The number of nitrogens with two attached hydrogens (primary N) is 1. The predicted octanol–water partition coefficient (Wildman–Crippen LogP) is 1.41. The maximum atomic E-state index is 9.84. The fourth-order valence-corrected chi connectivity index (χ4v) is 1.55. The van der Waals surface area contributed by atoms with Crippen molar-refractivity contribution >= 4 is 0 Å². The molecule has 0 heterocycles. The molecule has 1 aromatic carbocycles. The van der Waals surface area contributed by atoms with Crippen molar-refractivity contribution in [3.63, 3.8) is 0 Å². The first-order chi connectivity index (χ1) is 8.28. The topological polar surface area (TPSA) is 46.1 Å². The normalized spacial score (nSPS) is 13.4. The van der Waals surface area contributed by atoms with E-state index >= 15 is 0 Å². The van der Waals surface area contributed by atoms with Gasteiger partial charge < -0.3 is 15.2 Å². The summed E-state index contributed by atoms with van der Waals surface area (Å²) in [4.78, 5) is 0. The molecule has 0 radical (unpaired) electrons. The van der Waals surface area contributed by atoms with Gasteiger partial charge in [0.2, 0.25) is 0 Å². The molecule has 18 heavy (non-hydrogen) atoms. The summed E-state index contributed by atoms with van der Waals surface area (Å²) >= 11 is 0. The maximum Gasteiger partial charge on any atom is 0.137 e. The fraction of sp³-hybridized carbons (Fsp3) is 0.600. The number of benzene rings is 1. The molecule has 0 aliphatic carbocycles. The molecule has 3 N–H and O–H groups in total. The summed E-state index contributed by atoms with van der Waals surface area (Å²) in [6.45, 7) is 11.5. The Hall–Kier alpha value is -1.06. The number of aliphatic hydroxyl groups is 1. The summed E-state index contributed by atoms with van der Waals surface area (Å²) in [7, 11) is 0. The van der Waals surface area contributed by atoms with Gasteiger partial charge >= 0.3 is 0 Å². The van der Waals surface area contributed by atoms with Gasteiger partial charge in [0, 0.05) is 0 Å². The third-order valence-corrected chi connectivity index (χ3v) is 2.92. The van der Waals surface area contributed by atoms with Gasteiger partial charge in [0.1, 0.15) is 25.0 Å². The van der Waals surface area contributed by atoms with Crippen LogP contribution in [-0.4, -0.2) is 29.9 Å². The molecule has 0 aromatic heterocycles. The fourth-order valence-electron chi connectivity index (χ4n) is 1.55. The second-order valence-corrected chi connectivity index (χ2v) is 6.02. The van der Waals surface area contributed by atoms with Crippen LogP contribution in [-0.2, 0) is 0 Å². The summed E-state index contributed by atoms with van der Waals surface area (Å²) in [5.41, 5.74) is 2.61. The van der Waals surface area contributed by atoms with Crippen LogP contribution in [0.2, 0.25) is 0 Å². The van der Waals surface area contributed by atoms with Crippen LogP contribution in [0.4, 0.5) is 0 Å². The van der Waals surface area contributed by atoms with E-state index in [-0.39, 0.29) is 5.54 Å². The molecule has 102 valence electrons. The van der Waals surface area contributed by atoms with E-state index in [9.17, 15) is 5.11 Å². The van der Waals surface area contributed by atoms with Crippen LogP contribution < -0.4 is 10.1 Å². The van der Waals surface area contributed by atoms with Gasteiger partial charge in [-0.3, -0.25) is 0 Å². The molecule has 1 rings (SSSR count). The average Bonchev–Trinajstić information content (AvgIpc) is 2.27. The number of hydrogen-bond donors (Lipinski definition) is 2. The Labute approximate surface area is 110 Å². The second-order valence-electron chi connectivity index (χ2n) is 6.02. The lowest BCUT2D eigenvalue weighted by molar-refractivity contribution is -0.722. The molecule has 1 aromatic rings. The van der Waals surface area contributed by atoms with Gasteiger partial charge in [-0.1, -0.05) is 6.07 Å².